The molecule has 1 fully saturated rings. The van der Waals surface area contributed by atoms with Crippen LogP contribution in [0.25, 0.3) is 0 Å². The summed E-state index contributed by atoms with van der Waals surface area (Å²) in [6.45, 7) is 1.51. The zero-order valence-corrected chi connectivity index (χ0v) is 17.1. The van der Waals surface area contributed by atoms with Crippen LogP contribution in [0.5, 0.6) is 0 Å². The maximum Gasteiger partial charge on any atom is 0.262 e. The quantitative estimate of drug-likeness (QED) is 0.773. The van der Waals surface area contributed by atoms with Crippen LogP contribution in [-0.2, 0) is 24.8 Å². The van der Waals surface area contributed by atoms with Crippen LogP contribution in [0.1, 0.15) is 12.0 Å². The molecule has 1 saturated heterocycles. The summed E-state index contributed by atoms with van der Waals surface area (Å²) >= 11 is 11.7. The highest BCUT2D eigenvalue weighted by atomic mass is 35.5. The van der Waals surface area contributed by atoms with Crippen LogP contribution in [0.4, 0.5) is 11.4 Å². The molecule has 0 spiro atoms. The van der Waals surface area contributed by atoms with Gasteiger partial charge in [0.05, 0.1) is 32.1 Å². The van der Waals surface area contributed by atoms with Gasteiger partial charge in [0.2, 0.25) is 15.9 Å². The molecule has 144 valence electrons. The number of carbonyl (C=O) groups is 1. The van der Waals surface area contributed by atoms with Crippen molar-refractivity contribution in [1.29, 1.82) is 0 Å². The Bertz CT molecular complexity index is 1150. The SMILES string of the molecule is Cc1cc(N2C(=O)CCS2(=O)=O)ccc1S(=O)(=O)Nc1ccc(Cl)c(Cl)c1. The number of benzene rings is 2. The van der Waals surface area contributed by atoms with E-state index in [4.69, 9.17) is 23.2 Å². The maximum absolute atomic E-state index is 12.7. The fourth-order valence-electron chi connectivity index (χ4n) is 2.70. The Morgan fingerprint density at radius 2 is 1.78 bits per heavy atom. The van der Waals surface area contributed by atoms with Gasteiger partial charge in [0.1, 0.15) is 0 Å². The molecular formula is C16H14Cl2N2O5S2. The van der Waals surface area contributed by atoms with Crippen LogP contribution in [0.3, 0.4) is 0 Å². The van der Waals surface area contributed by atoms with Gasteiger partial charge in [0.15, 0.2) is 0 Å². The molecule has 7 nitrogen and oxygen atoms in total. The van der Waals surface area contributed by atoms with E-state index in [1.54, 1.807) is 0 Å². The van der Waals surface area contributed by atoms with Gasteiger partial charge >= 0.3 is 0 Å². The van der Waals surface area contributed by atoms with E-state index >= 15 is 0 Å². The standard InChI is InChI=1S/C16H14Cl2N2O5S2/c1-10-8-12(20-16(21)6-7-26(20,22)23)3-5-15(10)27(24,25)19-11-2-4-13(17)14(18)9-11/h2-5,8-9,19H,6-7H2,1H3. The van der Waals surface area contributed by atoms with E-state index in [1.807, 2.05) is 0 Å². The zero-order chi connectivity index (χ0) is 20.0. The number of nitrogens with zero attached hydrogens (tertiary/aromatic N) is 1. The summed E-state index contributed by atoms with van der Waals surface area (Å²) in [7, 11) is -7.68. The number of anilines is 2. The molecule has 1 amide bonds. The summed E-state index contributed by atoms with van der Waals surface area (Å²) in [4.78, 5) is 11.8. The van der Waals surface area contributed by atoms with Crippen LogP contribution in [0.2, 0.25) is 10.0 Å². The molecule has 2 aromatic rings. The molecule has 27 heavy (non-hydrogen) atoms. The van der Waals surface area contributed by atoms with Crippen molar-refractivity contribution in [2.75, 3.05) is 14.8 Å². The van der Waals surface area contributed by atoms with Gasteiger partial charge in [-0.2, -0.15) is 0 Å². The van der Waals surface area contributed by atoms with Crippen molar-refractivity contribution in [3.8, 4) is 0 Å². The number of hydrogen-bond acceptors (Lipinski definition) is 5. The predicted molar refractivity (Wildman–Crippen MR) is 104 cm³/mol. The normalized spacial score (nSPS) is 16.6. The van der Waals surface area contributed by atoms with E-state index in [1.165, 1.54) is 43.3 Å². The first kappa shape index (κ1) is 19.9. The smallest absolute Gasteiger partial charge is 0.262 e. The number of rotatable bonds is 4. The van der Waals surface area contributed by atoms with Crippen molar-refractivity contribution >= 4 is 60.5 Å². The molecule has 1 aliphatic heterocycles. The Morgan fingerprint density at radius 1 is 1.07 bits per heavy atom. The average molecular weight is 449 g/mol. The van der Waals surface area contributed by atoms with Crippen LogP contribution in [0, 0.1) is 6.92 Å². The van der Waals surface area contributed by atoms with Crippen molar-refractivity contribution in [1.82, 2.24) is 0 Å². The molecule has 0 bridgehead atoms. The molecule has 1 N–H and O–H groups in total. The third-order valence-corrected chi connectivity index (χ3v) is 7.90. The molecule has 0 saturated carbocycles. The van der Waals surface area contributed by atoms with E-state index in [2.05, 4.69) is 4.72 Å². The van der Waals surface area contributed by atoms with Crippen LogP contribution in [-0.4, -0.2) is 28.5 Å². The Morgan fingerprint density at radius 3 is 2.33 bits per heavy atom. The van der Waals surface area contributed by atoms with Crippen LogP contribution < -0.4 is 9.03 Å². The monoisotopic (exact) mass is 448 g/mol. The summed E-state index contributed by atoms with van der Waals surface area (Å²) in [6.07, 6.45) is -0.0969. The molecule has 1 heterocycles. The average Bonchev–Trinajstić information content (AvgIpc) is 2.83. The Labute approximate surface area is 167 Å². The second kappa shape index (κ2) is 6.97. The predicted octanol–water partition coefficient (Wildman–Crippen LogP) is 3.17. The largest absolute Gasteiger partial charge is 0.280 e. The van der Waals surface area contributed by atoms with Gasteiger partial charge in [-0.05, 0) is 48.9 Å². The van der Waals surface area contributed by atoms with Crippen molar-refractivity contribution < 1.29 is 21.6 Å². The third-order valence-electron chi connectivity index (χ3n) is 3.93. The Kier molecular flexibility index (Phi) is 5.15. The fourth-order valence-corrected chi connectivity index (χ4v) is 5.73. The second-order valence-corrected chi connectivity index (χ2v) is 10.3. The van der Waals surface area contributed by atoms with Gasteiger partial charge in [-0.3, -0.25) is 9.52 Å². The highest BCUT2D eigenvalue weighted by Gasteiger charge is 2.36. The van der Waals surface area contributed by atoms with E-state index in [9.17, 15) is 21.6 Å². The minimum absolute atomic E-state index is 0.0543. The lowest BCUT2D eigenvalue weighted by Gasteiger charge is -2.17. The number of nitrogens with one attached hydrogen (secondary N) is 1. The third kappa shape index (κ3) is 3.91. The van der Waals surface area contributed by atoms with Crippen molar-refractivity contribution in [2.45, 2.75) is 18.2 Å². The topological polar surface area (TPSA) is 101 Å². The van der Waals surface area contributed by atoms with E-state index < -0.39 is 26.0 Å². The Hall–Kier alpha value is -1.81. The van der Waals surface area contributed by atoms with Crippen molar-refractivity contribution in [3.05, 3.63) is 52.0 Å². The van der Waals surface area contributed by atoms with Gasteiger partial charge < -0.3 is 0 Å². The molecule has 0 unspecified atom stereocenters. The van der Waals surface area contributed by atoms with Crippen LogP contribution in [0.15, 0.2) is 41.3 Å². The molecule has 0 aromatic heterocycles. The van der Waals surface area contributed by atoms with Gasteiger partial charge in [0.25, 0.3) is 10.0 Å². The van der Waals surface area contributed by atoms with E-state index in [0.717, 1.165) is 0 Å². The summed E-state index contributed by atoms with van der Waals surface area (Å²) < 4.78 is 52.4. The van der Waals surface area contributed by atoms with Gasteiger partial charge in [-0.25, -0.2) is 21.1 Å². The lowest BCUT2D eigenvalue weighted by Crippen LogP contribution is -2.29. The lowest BCUT2D eigenvalue weighted by molar-refractivity contribution is -0.116. The fraction of sp³-hybridized carbons (Fsp3) is 0.188. The molecule has 0 atom stereocenters. The molecule has 11 heteroatoms. The number of halogens is 2. The van der Waals surface area contributed by atoms with Gasteiger partial charge in [0, 0.05) is 6.42 Å². The highest BCUT2D eigenvalue weighted by molar-refractivity contribution is 7.94. The van der Waals surface area contributed by atoms with Crippen molar-refractivity contribution in [2.24, 2.45) is 0 Å². The first-order valence-corrected chi connectivity index (χ1v) is 11.5. The number of carbonyl (C=O) groups excluding carboxylic acids is 1. The van der Waals surface area contributed by atoms with Gasteiger partial charge in [-0.15, -0.1) is 0 Å². The number of sulfonamides is 2. The zero-order valence-electron chi connectivity index (χ0n) is 13.9. The first-order valence-electron chi connectivity index (χ1n) is 7.66. The summed E-state index contributed by atoms with van der Waals surface area (Å²) in [5, 5.41) is 0.485. The van der Waals surface area contributed by atoms with E-state index in [-0.39, 0.29) is 44.1 Å². The summed E-state index contributed by atoms with van der Waals surface area (Å²) in [5.74, 6) is -0.803. The molecule has 3 rings (SSSR count). The number of hydrogen-bond donors (Lipinski definition) is 1. The van der Waals surface area contributed by atoms with E-state index in [0.29, 0.717) is 4.31 Å². The molecular weight excluding hydrogens is 435 g/mol. The minimum atomic E-state index is -3.96. The molecule has 2 aromatic carbocycles. The first-order chi connectivity index (χ1) is 12.5. The summed E-state index contributed by atoms with van der Waals surface area (Å²) in [6, 6.07) is 8.19. The minimum Gasteiger partial charge on any atom is -0.280 e. The summed E-state index contributed by atoms with van der Waals surface area (Å²) in [5.41, 5.74) is 0.628. The van der Waals surface area contributed by atoms with Crippen molar-refractivity contribution in [3.63, 3.8) is 0 Å². The molecule has 0 radical (unpaired) electrons. The second-order valence-electron chi connectivity index (χ2n) is 5.91. The Balaban J connectivity index is 1.95. The molecule has 1 aliphatic rings. The number of amides is 1. The lowest BCUT2D eigenvalue weighted by atomic mass is 10.2. The number of aryl methyl sites for hydroxylation is 1. The van der Waals surface area contributed by atoms with Gasteiger partial charge in [-0.1, -0.05) is 23.2 Å². The highest BCUT2D eigenvalue weighted by Crippen LogP contribution is 2.30. The maximum atomic E-state index is 12.7. The van der Waals surface area contributed by atoms with Crippen LogP contribution >= 0.6 is 23.2 Å². The molecule has 0 aliphatic carbocycles.